The van der Waals surface area contributed by atoms with Crippen LogP contribution >= 0.6 is 31.3 Å². The van der Waals surface area contributed by atoms with E-state index >= 15 is 0 Å². The summed E-state index contributed by atoms with van der Waals surface area (Å²) < 4.78 is 80.8. The van der Waals surface area contributed by atoms with Gasteiger partial charge in [-0.05, 0) is 0 Å². The summed E-state index contributed by atoms with van der Waals surface area (Å²) in [5.41, 5.74) is 0. The minimum Gasteiger partial charge on any atom is -0.387 e. The van der Waals surface area contributed by atoms with Crippen LogP contribution < -0.4 is 10.6 Å². The Balaban J connectivity index is 0.992. The van der Waals surface area contributed by atoms with Gasteiger partial charge in [0.05, 0.1) is 25.9 Å². The quantitative estimate of drug-likeness (QED) is 0.0726. The molecule has 0 spiro atoms. The van der Waals surface area contributed by atoms with Gasteiger partial charge in [0.1, 0.15) is 36.6 Å². The molecule has 0 bridgehead atoms. The van der Waals surface area contributed by atoms with Crippen LogP contribution in [0.1, 0.15) is 0 Å². The van der Waals surface area contributed by atoms with E-state index < -0.39 is 129 Å². The van der Waals surface area contributed by atoms with E-state index in [2.05, 4.69) is 52.6 Å². The van der Waals surface area contributed by atoms with Crippen molar-refractivity contribution in [3.8, 4) is 0 Å². The van der Waals surface area contributed by atoms with Crippen LogP contribution in [0, 0.1) is 10.8 Å². The largest absolute Gasteiger partial charge is 0.490 e. The van der Waals surface area contributed by atoms with Gasteiger partial charge in [0.2, 0.25) is 11.9 Å². The van der Waals surface area contributed by atoms with Crippen molar-refractivity contribution in [1.82, 2.24) is 20.4 Å². The van der Waals surface area contributed by atoms with Gasteiger partial charge in [0.15, 0.2) is 36.2 Å². The molecule has 14 atom stereocenters. The van der Waals surface area contributed by atoms with Crippen molar-refractivity contribution in [2.75, 3.05) is 13.2 Å². The molecule has 2 fully saturated rings. The smallest absolute Gasteiger partial charge is 0.387 e. The summed E-state index contributed by atoms with van der Waals surface area (Å²) in [6, 6.07) is -2.45. The van der Waals surface area contributed by atoms with Crippen LogP contribution in [0.5, 0.6) is 0 Å². The number of phosphoric acid groups is 4. The molecule has 35 heteroatoms. The summed E-state index contributed by atoms with van der Waals surface area (Å²) in [5.74, 6) is -2.95. The van der Waals surface area contributed by atoms with Crippen LogP contribution in [0.15, 0.2) is 20.0 Å². The zero-order chi connectivity index (χ0) is 40.4. The summed E-state index contributed by atoms with van der Waals surface area (Å²) >= 11 is 0. The maximum Gasteiger partial charge on any atom is 0.490 e. The van der Waals surface area contributed by atoms with Crippen molar-refractivity contribution >= 4 is 79.4 Å². The van der Waals surface area contributed by atoms with Crippen LogP contribution in [0.3, 0.4) is 0 Å². The molecule has 304 valence electrons. The maximum atomic E-state index is 12.4. The third-order valence-corrected chi connectivity index (χ3v) is 13.7. The molecular weight excluding hydrogens is 840 g/mol. The molecule has 2 saturated heterocycles. The first-order valence-electron chi connectivity index (χ1n) is 14.8. The second-order valence-corrected chi connectivity index (χ2v) is 17.8. The topological polar surface area (TPSA) is 457 Å². The zero-order valence-corrected chi connectivity index (χ0v) is 30.3. The Kier molecular flexibility index (Phi) is 11.3. The van der Waals surface area contributed by atoms with Crippen LogP contribution in [0.25, 0.3) is 0 Å². The number of fused-ring (bicyclic) bond motifs is 2. The van der Waals surface area contributed by atoms with E-state index in [-0.39, 0.29) is 11.7 Å². The Morgan fingerprint density at radius 2 is 0.982 bits per heavy atom. The first-order valence-corrected chi connectivity index (χ1v) is 20.8. The number of nitrogens with one attached hydrogen (secondary N) is 4. The number of carbonyl (C=O) groups is 2. The van der Waals surface area contributed by atoms with E-state index in [1.807, 2.05) is 0 Å². The maximum absolute atomic E-state index is 12.4. The van der Waals surface area contributed by atoms with E-state index in [4.69, 9.17) is 20.3 Å². The van der Waals surface area contributed by atoms with Gasteiger partial charge in [-0.2, -0.15) is 22.9 Å². The predicted molar refractivity (Wildman–Crippen MR) is 171 cm³/mol. The first-order chi connectivity index (χ1) is 25.5. The van der Waals surface area contributed by atoms with Gasteiger partial charge >= 0.3 is 31.3 Å². The lowest BCUT2D eigenvalue weighted by Crippen LogP contribution is -2.53. The summed E-state index contributed by atoms with van der Waals surface area (Å²) in [5, 5.41) is 61.1. The van der Waals surface area contributed by atoms with Crippen LogP contribution in [0.2, 0.25) is 0 Å². The highest BCUT2D eigenvalue weighted by atomic mass is 31.3. The fourth-order valence-electron chi connectivity index (χ4n) is 5.46. The van der Waals surface area contributed by atoms with Crippen LogP contribution in [-0.2, 0) is 59.3 Å². The number of phosphoric ester groups is 2. The van der Waals surface area contributed by atoms with Gasteiger partial charge < -0.3 is 49.5 Å². The highest BCUT2D eigenvalue weighted by Gasteiger charge is 2.53. The summed E-state index contributed by atoms with van der Waals surface area (Å²) in [4.78, 5) is 81.0. The van der Waals surface area contributed by atoms with Crippen molar-refractivity contribution < 1.29 is 99.3 Å². The Labute approximate surface area is 304 Å². The number of hydrogen-bond acceptors (Lipinski definition) is 23. The second kappa shape index (κ2) is 15.0. The van der Waals surface area contributed by atoms with E-state index in [0.717, 1.165) is 22.5 Å². The van der Waals surface area contributed by atoms with Gasteiger partial charge in [-0.3, -0.25) is 59.9 Å². The van der Waals surface area contributed by atoms with E-state index in [9.17, 15) is 67.8 Å². The molecule has 6 aliphatic heterocycles. The molecule has 6 aliphatic rings. The van der Waals surface area contributed by atoms with Crippen LogP contribution in [0.4, 0.5) is 0 Å². The molecule has 6 rings (SSSR count). The highest BCUT2D eigenvalue weighted by Crippen LogP contribution is 2.71. The monoisotopic (exact) mass is 868 g/mol. The molecule has 55 heavy (non-hydrogen) atoms. The van der Waals surface area contributed by atoms with Gasteiger partial charge in [0, 0.05) is 0 Å². The lowest BCUT2D eigenvalue weighted by atomic mass is 10.1. The van der Waals surface area contributed by atoms with Crippen LogP contribution in [-0.4, -0.2) is 172 Å². The summed E-state index contributed by atoms with van der Waals surface area (Å²) in [7, 11) is -24.2. The fourth-order valence-corrected chi connectivity index (χ4v) is 10.4. The average Bonchev–Trinajstić information content (AvgIpc) is 3.79. The number of amides is 2. The zero-order valence-electron chi connectivity index (χ0n) is 26.7. The Morgan fingerprint density at radius 1 is 0.636 bits per heavy atom. The summed E-state index contributed by atoms with van der Waals surface area (Å²) in [6.07, 6.45) is -11.9. The minimum atomic E-state index is -6.25. The number of ether oxygens (including phenoxy) is 2. The molecule has 0 saturated carbocycles. The molecule has 0 radical (unpaired) electrons. The second-order valence-electron chi connectivity index (χ2n) is 11.6. The number of hydrogen-bond donors (Lipinski definition) is 12. The van der Waals surface area contributed by atoms with Gasteiger partial charge in [-0.25, -0.2) is 18.3 Å². The molecule has 12 N–H and O–H groups in total. The molecule has 0 aliphatic carbocycles. The minimum absolute atomic E-state index is 0.173. The van der Waals surface area contributed by atoms with Crippen molar-refractivity contribution in [2.45, 2.75) is 61.2 Å². The number of aliphatic imine (C=N–C) groups is 4. The fraction of sp³-hybridized carbons (Fsp3) is 0.600. The molecule has 0 aromatic heterocycles. The lowest BCUT2D eigenvalue weighted by Gasteiger charge is -2.28. The molecule has 6 heterocycles. The summed E-state index contributed by atoms with van der Waals surface area (Å²) in [6.45, 7) is -2.37. The Bertz CT molecular complexity index is 1850. The molecule has 31 nitrogen and oxygen atoms in total. The SMILES string of the molecule is N=C1N=C2C(N=CN2[C@@H]2O[C@H](COP(=O)(O)OP(=O)(O)OP(=O)(O)OP(=O)(O)OC[C@H]3O[C@@H](N4C=NC5C(=O)NC(=N)N=C54)[C@H](O)[C@@H]3O)[C@@H](O)[C@H]2O)C(=O)N1. The molecule has 6 unspecified atom stereocenters. The van der Waals surface area contributed by atoms with Crippen molar-refractivity contribution in [2.24, 2.45) is 20.0 Å². The number of guanidine groups is 2. The number of nitrogens with zero attached hydrogens (tertiary/aromatic N) is 6. The van der Waals surface area contributed by atoms with E-state index in [1.165, 1.54) is 0 Å². The normalized spacial score (nSPS) is 37.3. The van der Waals surface area contributed by atoms with Crippen molar-refractivity contribution in [3.63, 3.8) is 0 Å². The first kappa shape index (κ1) is 41.5. The predicted octanol–water partition coefficient (Wildman–Crippen LogP) is -5.28. The molecular formula is C20H28N10O21P4. The van der Waals surface area contributed by atoms with E-state index in [1.54, 1.807) is 0 Å². The number of amidine groups is 2. The third kappa shape index (κ3) is 8.90. The molecule has 2 amide bonds. The number of aliphatic hydroxyl groups is 4. The van der Waals surface area contributed by atoms with Gasteiger partial charge in [-0.1, -0.05) is 0 Å². The number of aliphatic hydroxyl groups excluding tert-OH is 4. The number of rotatable bonds is 14. The standard InChI is InChI=1S/C20H28N10O21P4/c21-19-25-13-7(15(35)27-19)23-3-29(13)17-11(33)9(31)5(47-17)1-45-52(37,38)49-54(41,42)51-55(43,44)50-53(39,40)46-2-6-10(32)12(34)18(48-6)30-4-24-8-14(30)26-20(22)28-16(8)36/h3-12,17-18,31-34H,1-2H2,(H,37,38)(H,39,40)(H,41,42)(H,43,44)(H2,21,27,35)(H2,22,28,36)/t5-,6-,7?,8?,9-,10-,11-,12-,17-,18-/m1/s1. The van der Waals surface area contributed by atoms with Crippen molar-refractivity contribution in [1.29, 1.82) is 10.8 Å². The molecule has 0 aromatic carbocycles. The Hall–Kier alpha value is -3.12. The van der Waals surface area contributed by atoms with Gasteiger partial charge in [-0.15, -0.1) is 0 Å². The third-order valence-electron chi connectivity index (χ3n) is 7.78. The average molecular weight is 868 g/mol. The molecule has 0 aromatic rings. The van der Waals surface area contributed by atoms with E-state index in [0.29, 0.717) is 0 Å². The lowest BCUT2D eigenvalue weighted by molar-refractivity contribution is -0.120. The van der Waals surface area contributed by atoms with Gasteiger partial charge in [0.25, 0.3) is 11.8 Å². The highest BCUT2D eigenvalue weighted by molar-refractivity contribution is 7.69. The Morgan fingerprint density at radius 3 is 1.35 bits per heavy atom. The van der Waals surface area contributed by atoms with Crippen molar-refractivity contribution in [3.05, 3.63) is 0 Å². The number of carbonyl (C=O) groups excluding carboxylic acids is 2.